The maximum atomic E-state index is 12.7. The molecule has 1 amide bonds. The van der Waals surface area contributed by atoms with Crippen LogP contribution in [0.2, 0.25) is 0 Å². The van der Waals surface area contributed by atoms with Crippen molar-refractivity contribution in [3.8, 4) is 5.75 Å². The smallest absolute Gasteiger partial charge is 0.323 e. The number of amides is 1. The lowest BCUT2D eigenvalue weighted by Gasteiger charge is -2.16. The highest BCUT2D eigenvalue weighted by Gasteiger charge is 2.26. The Bertz CT molecular complexity index is 1370. The minimum atomic E-state index is -4.13. The number of hydrogen-bond donors (Lipinski definition) is 4. The van der Waals surface area contributed by atoms with Crippen LogP contribution in [0.3, 0.4) is 0 Å². The second kappa shape index (κ2) is 12.3. The van der Waals surface area contributed by atoms with Gasteiger partial charge in [-0.15, -0.1) is 0 Å². The van der Waals surface area contributed by atoms with Gasteiger partial charge in [-0.2, -0.15) is 4.72 Å². The van der Waals surface area contributed by atoms with Crippen LogP contribution in [0.4, 0.5) is 0 Å². The Kier molecular flexibility index (Phi) is 9.17. The molecule has 3 aromatic rings. The highest BCUT2D eigenvalue weighted by atomic mass is 32.2. The third-order valence-electron chi connectivity index (χ3n) is 5.27. The maximum absolute atomic E-state index is 12.7. The van der Waals surface area contributed by atoms with E-state index in [0.29, 0.717) is 24.4 Å². The maximum Gasteiger partial charge on any atom is 0.323 e. The zero-order valence-electron chi connectivity index (χ0n) is 19.4. The van der Waals surface area contributed by atoms with E-state index in [-0.39, 0.29) is 10.5 Å². The van der Waals surface area contributed by atoms with Gasteiger partial charge in [-0.1, -0.05) is 18.2 Å². The van der Waals surface area contributed by atoms with Gasteiger partial charge in [0.2, 0.25) is 10.0 Å². The van der Waals surface area contributed by atoms with E-state index in [4.69, 9.17) is 10.5 Å². The quantitative estimate of drug-likeness (QED) is 0.244. The molecule has 0 saturated carbocycles. The van der Waals surface area contributed by atoms with Crippen molar-refractivity contribution in [3.63, 3.8) is 0 Å². The number of nitrogens with two attached hydrogens (primary N) is 1. The first-order valence-electron chi connectivity index (χ1n) is 11.3. The molecule has 1 aromatic carbocycles. The number of aliphatic carboxylic acids is 1. The molecule has 0 aliphatic carbocycles. The van der Waals surface area contributed by atoms with Crippen LogP contribution in [0, 0.1) is 0 Å². The van der Waals surface area contributed by atoms with Crippen LogP contribution in [-0.2, 0) is 14.8 Å². The van der Waals surface area contributed by atoms with Crippen molar-refractivity contribution >= 4 is 27.4 Å². The molecular formula is C24H28N4O7S. The molecule has 0 fully saturated rings. The van der Waals surface area contributed by atoms with Crippen molar-refractivity contribution in [2.45, 2.75) is 30.2 Å². The Morgan fingerprint density at radius 1 is 1.06 bits per heavy atom. The fraction of sp³-hybridized carbons (Fsp3) is 0.292. The summed E-state index contributed by atoms with van der Waals surface area (Å²) in [5, 5.41) is 11.8. The summed E-state index contributed by atoms with van der Waals surface area (Å²) in [6.45, 7) is 0.567. The van der Waals surface area contributed by atoms with Gasteiger partial charge < -0.3 is 20.9 Å². The van der Waals surface area contributed by atoms with E-state index in [1.54, 1.807) is 18.2 Å². The van der Waals surface area contributed by atoms with Crippen LogP contribution >= 0.6 is 0 Å². The minimum absolute atomic E-state index is 0.00449. The number of rotatable bonds is 13. The molecule has 0 spiro atoms. The fourth-order valence-electron chi connectivity index (χ4n) is 3.38. The fourth-order valence-corrected chi connectivity index (χ4v) is 4.59. The number of sulfonamides is 1. The number of benzene rings is 1. The number of carboxylic acid groups (broad SMARTS) is 1. The van der Waals surface area contributed by atoms with E-state index in [1.807, 2.05) is 0 Å². The molecule has 0 bridgehead atoms. The summed E-state index contributed by atoms with van der Waals surface area (Å²) in [5.41, 5.74) is 5.41. The number of fused-ring (bicyclic) bond motifs is 1. The summed E-state index contributed by atoms with van der Waals surface area (Å²) in [6, 6.07) is 11.5. The number of pyridine rings is 2. The lowest BCUT2D eigenvalue weighted by atomic mass is 10.2. The molecule has 11 nitrogen and oxygen atoms in total. The molecule has 0 aliphatic heterocycles. The van der Waals surface area contributed by atoms with Crippen LogP contribution in [0.5, 0.6) is 5.75 Å². The summed E-state index contributed by atoms with van der Waals surface area (Å²) in [5.74, 6) is -1.67. The first-order chi connectivity index (χ1) is 17.2. The largest absolute Gasteiger partial charge is 0.493 e. The molecule has 0 radical (unpaired) electrons. The number of unbranched alkanes of at least 4 members (excludes halogenated alkanes) is 2. The Balaban J connectivity index is 1.70. The molecule has 12 heteroatoms. The van der Waals surface area contributed by atoms with Gasteiger partial charge in [0.1, 0.15) is 11.8 Å². The lowest BCUT2D eigenvalue weighted by molar-refractivity contribution is -0.138. The molecule has 3 rings (SSSR count). The van der Waals surface area contributed by atoms with Crippen molar-refractivity contribution in [2.24, 2.45) is 5.73 Å². The molecular weight excluding hydrogens is 488 g/mol. The molecule has 36 heavy (non-hydrogen) atoms. The van der Waals surface area contributed by atoms with E-state index in [1.165, 1.54) is 40.9 Å². The summed E-state index contributed by atoms with van der Waals surface area (Å²) in [7, 11) is -4.13. The van der Waals surface area contributed by atoms with E-state index >= 15 is 0 Å². The van der Waals surface area contributed by atoms with Crippen LogP contribution in [-0.4, -0.2) is 55.5 Å². The monoisotopic (exact) mass is 516 g/mol. The van der Waals surface area contributed by atoms with Gasteiger partial charge >= 0.3 is 5.97 Å². The van der Waals surface area contributed by atoms with Gasteiger partial charge in [-0.3, -0.25) is 18.8 Å². The predicted octanol–water partition coefficient (Wildman–Crippen LogP) is 0.969. The van der Waals surface area contributed by atoms with E-state index < -0.39 is 40.0 Å². The SMILES string of the molecule is NCCCCCOc1ccn2c(=O)cc(C(=O)NCC(NS(=O)(=O)c3ccccc3)C(=O)O)cc2c1. The normalized spacial score (nSPS) is 12.2. The van der Waals surface area contributed by atoms with E-state index in [2.05, 4.69) is 10.0 Å². The van der Waals surface area contributed by atoms with Gasteiger partial charge in [0.05, 0.1) is 17.0 Å². The van der Waals surface area contributed by atoms with Gasteiger partial charge in [-0.25, -0.2) is 8.42 Å². The average molecular weight is 517 g/mol. The number of carbonyl (C=O) groups is 2. The molecule has 0 saturated heterocycles. The van der Waals surface area contributed by atoms with Gasteiger partial charge in [0.15, 0.2) is 0 Å². The summed E-state index contributed by atoms with van der Waals surface area (Å²) < 4.78 is 34.0. The Morgan fingerprint density at radius 3 is 2.50 bits per heavy atom. The summed E-state index contributed by atoms with van der Waals surface area (Å²) in [6.07, 6.45) is 4.21. The third kappa shape index (κ3) is 7.13. The third-order valence-corrected chi connectivity index (χ3v) is 6.76. The van der Waals surface area contributed by atoms with Gasteiger partial charge in [0, 0.05) is 30.4 Å². The standard InChI is InChI=1S/C24H28N4O7S/c25-10-5-2-6-12-35-19-9-11-28-18(15-19)13-17(14-22(28)29)23(30)26-16-21(24(31)32)27-36(33,34)20-7-3-1-4-8-20/h1,3-4,7-9,11,13-15,21,27H,2,5-6,10,12,16,25H2,(H,26,30)(H,31,32). The molecule has 1 unspecified atom stereocenters. The lowest BCUT2D eigenvalue weighted by Crippen LogP contribution is -2.48. The predicted molar refractivity (Wildman–Crippen MR) is 133 cm³/mol. The molecule has 0 aliphatic rings. The van der Waals surface area contributed by atoms with Crippen LogP contribution < -0.4 is 26.1 Å². The molecule has 1 atom stereocenters. The number of carbonyl (C=O) groups excluding carboxylic acids is 1. The Hall–Kier alpha value is -3.74. The summed E-state index contributed by atoms with van der Waals surface area (Å²) in [4.78, 5) is 36.7. The number of hydrogen-bond acceptors (Lipinski definition) is 7. The molecule has 2 heterocycles. The average Bonchev–Trinajstić information content (AvgIpc) is 2.86. The first-order valence-corrected chi connectivity index (χ1v) is 12.8. The minimum Gasteiger partial charge on any atom is -0.493 e. The second-order valence-electron chi connectivity index (χ2n) is 7.97. The Labute approximate surface area is 207 Å². The number of aromatic nitrogens is 1. The highest BCUT2D eigenvalue weighted by molar-refractivity contribution is 7.89. The molecule has 5 N–H and O–H groups in total. The zero-order valence-corrected chi connectivity index (χ0v) is 20.2. The number of ether oxygens (including phenoxy) is 1. The van der Waals surface area contributed by atoms with E-state index in [9.17, 15) is 27.9 Å². The van der Waals surface area contributed by atoms with Crippen LogP contribution in [0.1, 0.15) is 29.6 Å². The highest BCUT2D eigenvalue weighted by Crippen LogP contribution is 2.15. The summed E-state index contributed by atoms with van der Waals surface area (Å²) >= 11 is 0. The number of nitrogens with zero attached hydrogens (tertiary/aromatic N) is 1. The topological polar surface area (TPSA) is 169 Å². The zero-order chi connectivity index (χ0) is 26.1. The van der Waals surface area contributed by atoms with Crippen LogP contribution in [0.25, 0.3) is 5.52 Å². The van der Waals surface area contributed by atoms with Crippen molar-refractivity contribution in [3.05, 3.63) is 76.7 Å². The van der Waals surface area contributed by atoms with Crippen molar-refractivity contribution in [2.75, 3.05) is 19.7 Å². The van der Waals surface area contributed by atoms with Gasteiger partial charge in [-0.05, 0) is 50.1 Å². The van der Waals surface area contributed by atoms with Crippen LogP contribution in [0.15, 0.2) is 70.5 Å². The van der Waals surface area contributed by atoms with Crippen molar-refractivity contribution < 1.29 is 27.9 Å². The number of carboxylic acids is 1. The Morgan fingerprint density at radius 2 is 1.81 bits per heavy atom. The van der Waals surface area contributed by atoms with E-state index in [0.717, 1.165) is 25.3 Å². The van der Waals surface area contributed by atoms with Gasteiger partial charge in [0.25, 0.3) is 11.5 Å². The first kappa shape index (κ1) is 26.9. The molecule has 2 aromatic heterocycles. The number of nitrogens with one attached hydrogen (secondary N) is 2. The molecule has 192 valence electrons. The second-order valence-corrected chi connectivity index (χ2v) is 9.69. The van der Waals surface area contributed by atoms with Crippen molar-refractivity contribution in [1.29, 1.82) is 0 Å². The van der Waals surface area contributed by atoms with Crippen molar-refractivity contribution in [1.82, 2.24) is 14.4 Å².